The van der Waals surface area contributed by atoms with E-state index in [-0.39, 0.29) is 0 Å². The SMILES string of the molecule is Cc1sc2ncnc(N3CC4CCCNC4C3)c2c1C. The van der Waals surface area contributed by atoms with Gasteiger partial charge in [0, 0.05) is 24.0 Å². The highest BCUT2D eigenvalue weighted by atomic mass is 32.1. The molecule has 4 heterocycles. The molecule has 0 bridgehead atoms. The van der Waals surface area contributed by atoms with Crippen molar-refractivity contribution in [1.82, 2.24) is 15.3 Å². The number of aryl methyl sites for hydroxylation is 2. The van der Waals surface area contributed by atoms with Crippen molar-refractivity contribution in [2.45, 2.75) is 32.7 Å². The molecule has 0 aromatic carbocycles. The van der Waals surface area contributed by atoms with Gasteiger partial charge in [0.05, 0.1) is 5.39 Å². The summed E-state index contributed by atoms with van der Waals surface area (Å²) in [6.45, 7) is 7.77. The fraction of sp³-hybridized carbons (Fsp3) is 0.600. The van der Waals surface area contributed by atoms with Gasteiger partial charge in [0.15, 0.2) is 0 Å². The van der Waals surface area contributed by atoms with Crippen LogP contribution in [0.3, 0.4) is 0 Å². The van der Waals surface area contributed by atoms with Crippen LogP contribution < -0.4 is 10.2 Å². The van der Waals surface area contributed by atoms with E-state index in [1.165, 1.54) is 35.2 Å². The molecule has 2 saturated heterocycles. The number of rotatable bonds is 1. The molecule has 0 saturated carbocycles. The van der Waals surface area contributed by atoms with Crippen molar-refractivity contribution < 1.29 is 0 Å². The standard InChI is InChI=1S/C15H20N4S/c1-9-10(2)20-15-13(9)14(17-8-18-15)19-6-11-4-3-5-16-12(11)7-19/h8,11-12,16H,3-7H2,1-2H3. The zero-order chi connectivity index (χ0) is 13.7. The molecule has 106 valence electrons. The molecule has 0 aliphatic carbocycles. The number of nitrogens with zero attached hydrogens (tertiary/aromatic N) is 3. The van der Waals surface area contributed by atoms with Gasteiger partial charge >= 0.3 is 0 Å². The number of fused-ring (bicyclic) bond motifs is 2. The molecule has 2 fully saturated rings. The predicted molar refractivity (Wildman–Crippen MR) is 83.6 cm³/mol. The van der Waals surface area contributed by atoms with E-state index in [4.69, 9.17) is 0 Å². The van der Waals surface area contributed by atoms with Crippen molar-refractivity contribution >= 4 is 27.4 Å². The Morgan fingerprint density at radius 3 is 3.05 bits per heavy atom. The maximum Gasteiger partial charge on any atom is 0.141 e. The van der Waals surface area contributed by atoms with Gasteiger partial charge in [-0.1, -0.05) is 0 Å². The van der Waals surface area contributed by atoms with E-state index < -0.39 is 0 Å². The van der Waals surface area contributed by atoms with Gasteiger partial charge in [0.1, 0.15) is 17.0 Å². The average Bonchev–Trinajstić information content (AvgIpc) is 3.01. The van der Waals surface area contributed by atoms with Crippen LogP contribution in [0.1, 0.15) is 23.3 Å². The van der Waals surface area contributed by atoms with Crippen LogP contribution in [0.5, 0.6) is 0 Å². The summed E-state index contributed by atoms with van der Waals surface area (Å²) >= 11 is 1.78. The highest BCUT2D eigenvalue weighted by molar-refractivity contribution is 7.18. The zero-order valence-corrected chi connectivity index (χ0v) is 12.8. The Labute approximate surface area is 123 Å². The molecule has 0 amide bonds. The summed E-state index contributed by atoms with van der Waals surface area (Å²) in [4.78, 5) is 14.0. The summed E-state index contributed by atoms with van der Waals surface area (Å²) in [5.74, 6) is 1.93. The first-order valence-corrected chi connectivity index (χ1v) is 8.24. The summed E-state index contributed by atoms with van der Waals surface area (Å²) in [5, 5.41) is 4.94. The number of aromatic nitrogens is 2. The first kappa shape index (κ1) is 12.5. The highest BCUT2D eigenvalue weighted by Crippen LogP contribution is 2.37. The minimum absolute atomic E-state index is 0.647. The Balaban J connectivity index is 1.75. The van der Waals surface area contributed by atoms with Crippen LogP contribution in [0.15, 0.2) is 6.33 Å². The first-order chi connectivity index (χ1) is 9.74. The lowest BCUT2D eigenvalue weighted by Gasteiger charge is -2.24. The molecular weight excluding hydrogens is 268 g/mol. The van der Waals surface area contributed by atoms with Gasteiger partial charge < -0.3 is 10.2 Å². The Morgan fingerprint density at radius 1 is 1.30 bits per heavy atom. The van der Waals surface area contributed by atoms with Gasteiger partial charge in [-0.2, -0.15) is 0 Å². The Hall–Kier alpha value is -1.20. The molecule has 2 aliphatic rings. The van der Waals surface area contributed by atoms with E-state index in [0.29, 0.717) is 6.04 Å². The van der Waals surface area contributed by atoms with Crippen LogP contribution in [0.2, 0.25) is 0 Å². The molecule has 2 unspecified atom stereocenters. The molecule has 2 aromatic heterocycles. The van der Waals surface area contributed by atoms with Crippen LogP contribution in [-0.2, 0) is 0 Å². The fourth-order valence-electron chi connectivity index (χ4n) is 3.62. The summed E-state index contributed by atoms with van der Waals surface area (Å²) in [6.07, 6.45) is 4.39. The monoisotopic (exact) mass is 288 g/mol. The lowest BCUT2D eigenvalue weighted by atomic mass is 9.94. The number of hydrogen-bond donors (Lipinski definition) is 1. The van der Waals surface area contributed by atoms with E-state index in [0.717, 1.165) is 29.7 Å². The van der Waals surface area contributed by atoms with Crippen LogP contribution in [0, 0.1) is 19.8 Å². The molecule has 4 rings (SSSR count). The number of piperidine rings is 1. The second-order valence-corrected chi connectivity index (χ2v) is 7.23. The maximum absolute atomic E-state index is 4.61. The zero-order valence-electron chi connectivity index (χ0n) is 12.0. The van der Waals surface area contributed by atoms with Crippen molar-refractivity contribution in [3.05, 3.63) is 16.8 Å². The van der Waals surface area contributed by atoms with Crippen molar-refractivity contribution in [3.8, 4) is 0 Å². The largest absolute Gasteiger partial charge is 0.354 e. The molecule has 5 heteroatoms. The van der Waals surface area contributed by atoms with Gasteiger partial charge in [-0.25, -0.2) is 9.97 Å². The number of hydrogen-bond acceptors (Lipinski definition) is 5. The summed E-state index contributed by atoms with van der Waals surface area (Å²) in [5.41, 5.74) is 1.35. The third-order valence-electron chi connectivity index (χ3n) is 4.84. The molecule has 20 heavy (non-hydrogen) atoms. The number of nitrogens with one attached hydrogen (secondary N) is 1. The highest BCUT2D eigenvalue weighted by Gasteiger charge is 2.35. The number of anilines is 1. The van der Waals surface area contributed by atoms with E-state index in [9.17, 15) is 0 Å². The van der Waals surface area contributed by atoms with E-state index in [1.54, 1.807) is 17.7 Å². The quantitative estimate of drug-likeness (QED) is 0.875. The lowest BCUT2D eigenvalue weighted by Crippen LogP contribution is -2.40. The lowest BCUT2D eigenvalue weighted by molar-refractivity contribution is 0.340. The topological polar surface area (TPSA) is 41.1 Å². The second kappa shape index (κ2) is 4.67. The first-order valence-electron chi connectivity index (χ1n) is 7.43. The van der Waals surface area contributed by atoms with Crippen LogP contribution in [-0.4, -0.2) is 35.6 Å². The fourth-order valence-corrected chi connectivity index (χ4v) is 4.61. The minimum atomic E-state index is 0.647. The van der Waals surface area contributed by atoms with Crippen LogP contribution in [0.25, 0.3) is 10.2 Å². The van der Waals surface area contributed by atoms with Crippen molar-refractivity contribution in [3.63, 3.8) is 0 Å². The Morgan fingerprint density at radius 2 is 2.20 bits per heavy atom. The van der Waals surface area contributed by atoms with E-state index >= 15 is 0 Å². The van der Waals surface area contributed by atoms with E-state index in [1.807, 2.05) is 0 Å². The van der Waals surface area contributed by atoms with Crippen LogP contribution >= 0.6 is 11.3 Å². The minimum Gasteiger partial charge on any atom is -0.354 e. The smallest absolute Gasteiger partial charge is 0.141 e. The van der Waals surface area contributed by atoms with Crippen molar-refractivity contribution in [1.29, 1.82) is 0 Å². The summed E-state index contributed by atoms with van der Waals surface area (Å²) in [7, 11) is 0. The molecule has 2 aliphatic heterocycles. The molecule has 4 nitrogen and oxygen atoms in total. The third-order valence-corrected chi connectivity index (χ3v) is 5.96. The molecule has 2 atom stereocenters. The normalized spacial score (nSPS) is 26.2. The molecule has 1 N–H and O–H groups in total. The van der Waals surface area contributed by atoms with Gasteiger partial charge in [-0.3, -0.25) is 0 Å². The molecule has 2 aromatic rings. The van der Waals surface area contributed by atoms with Gasteiger partial charge in [0.2, 0.25) is 0 Å². The summed E-state index contributed by atoms with van der Waals surface area (Å²) < 4.78 is 0. The maximum atomic E-state index is 4.61. The average molecular weight is 288 g/mol. The van der Waals surface area contributed by atoms with Crippen molar-refractivity contribution in [2.24, 2.45) is 5.92 Å². The molecule has 0 spiro atoms. The number of thiophene rings is 1. The van der Waals surface area contributed by atoms with E-state index in [2.05, 4.69) is 34.0 Å². The summed E-state index contributed by atoms with van der Waals surface area (Å²) in [6, 6.07) is 0.647. The van der Waals surface area contributed by atoms with Gasteiger partial charge in [-0.05, 0) is 44.7 Å². The van der Waals surface area contributed by atoms with Gasteiger partial charge in [-0.15, -0.1) is 11.3 Å². The molecule has 0 radical (unpaired) electrons. The third kappa shape index (κ3) is 1.84. The Bertz CT molecular complexity index is 637. The van der Waals surface area contributed by atoms with Crippen LogP contribution in [0.4, 0.5) is 5.82 Å². The van der Waals surface area contributed by atoms with Crippen molar-refractivity contribution in [2.75, 3.05) is 24.5 Å². The predicted octanol–water partition coefficient (Wildman–Crippen LogP) is 2.50. The molecular formula is C15H20N4S. The van der Waals surface area contributed by atoms with Gasteiger partial charge in [0.25, 0.3) is 0 Å². The Kier molecular flexibility index (Phi) is 2.93. The second-order valence-electron chi connectivity index (χ2n) is 6.03.